The van der Waals surface area contributed by atoms with Crippen LogP contribution in [0.5, 0.6) is 17.2 Å². The number of carboxylic acids is 1. The summed E-state index contributed by atoms with van der Waals surface area (Å²) in [5, 5.41) is 40.7. The third-order valence-corrected chi connectivity index (χ3v) is 23.9. The van der Waals surface area contributed by atoms with Gasteiger partial charge >= 0.3 is 5.97 Å². The van der Waals surface area contributed by atoms with Crippen molar-refractivity contribution in [2.24, 2.45) is 17.3 Å². The van der Waals surface area contributed by atoms with Crippen molar-refractivity contribution >= 4 is 95.8 Å². The lowest BCUT2D eigenvalue weighted by Gasteiger charge is -2.52. The van der Waals surface area contributed by atoms with Gasteiger partial charge in [-0.2, -0.15) is 0 Å². The topological polar surface area (TPSA) is 286 Å². The minimum absolute atomic E-state index is 0.0614. The zero-order chi connectivity index (χ0) is 64.9. The van der Waals surface area contributed by atoms with Crippen molar-refractivity contribution in [1.29, 1.82) is 0 Å². The molecule has 2 amide bonds. The van der Waals surface area contributed by atoms with Crippen LogP contribution in [0.25, 0.3) is 5.57 Å². The molecule has 90 heavy (non-hydrogen) atoms. The predicted molar refractivity (Wildman–Crippen MR) is 341 cm³/mol. The fraction of sp³-hybridized carbons (Fsp3) is 0.463. The number of phenolic OH excluding ortho intramolecular Hbond substituents is 1. The lowest BCUT2D eigenvalue weighted by molar-refractivity contribution is -0.590. The number of nitrogens with one attached hydrogen (secondary N) is 4. The van der Waals surface area contributed by atoms with Crippen LogP contribution in [0.2, 0.25) is 15.1 Å². The van der Waals surface area contributed by atoms with Gasteiger partial charge in [0.1, 0.15) is 36.5 Å². The van der Waals surface area contributed by atoms with Crippen molar-refractivity contribution < 1.29 is 65.4 Å². The molecule has 6 aliphatic rings. The number of thioether (sulfide) groups is 1. The number of unbranched alkanes of at least 4 members (excludes halogenated alkanes) is 2. The van der Waals surface area contributed by atoms with E-state index in [1.807, 2.05) is 44.2 Å². The number of fused-ring (bicyclic) bond motifs is 9. The number of phenols is 1. The van der Waals surface area contributed by atoms with E-state index < -0.39 is 92.5 Å². The number of benzene rings is 5. The van der Waals surface area contributed by atoms with E-state index in [4.69, 9.17) is 39.5 Å². The summed E-state index contributed by atoms with van der Waals surface area (Å²) in [6.45, 7) is 13.6. The maximum atomic E-state index is 13.7. The Bertz CT molecular complexity index is 4300. The minimum atomic E-state index is -5.55. The summed E-state index contributed by atoms with van der Waals surface area (Å²) in [4.78, 5) is 41.3. The molecule has 0 spiro atoms. The van der Waals surface area contributed by atoms with Crippen molar-refractivity contribution in [2.45, 2.75) is 181 Å². The first-order valence-corrected chi connectivity index (χ1v) is 35.4. The molecule has 5 aromatic rings. The van der Waals surface area contributed by atoms with E-state index in [-0.39, 0.29) is 77.9 Å². The third kappa shape index (κ3) is 12.2. The number of aryl methyl sites for hydroxylation is 1. The van der Waals surface area contributed by atoms with Gasteiger partial charge in [0.15, 0.2) is 21.9 Å². The Labute approximate surface area is 543 Å². The molecule has 7 atom stereocenters. The average molecular weight is 1340 g/mol. The molecule has 23 heteroatoms. The minimum Gasteiger partial charge on any atom is -0.744 e. The molecule has 2 saturated carbocycles. The van der Waals surface area contributed by atoms with Gasteiger partial charge in [-0.15, -0.1) is 11.8 Å². The molecule has 0 radical (unpaired) electrons. The maximum absolute atomic E-state index is 13.7. The number of hydrogen-bond acceptors (Lipinski definition) is 14. The molecular weight excluding hydrogens is 1270 g/mol. The number of carboxylic acid groups (broad SMARTS) is 1. The molecule has 0 bridgehead atoms. The number of aromatic carboxylic acids is 1. The zero-order valence-electron chi connectivity index (χ0n) is 51.0. The van der Waals surface area contributed by atoms with Gasteiger partial charge in [0.2, 0.25) is 17.2 Å². The fourth-order valence-electron chi connectivity index (χ4n) is 15.6. The first-order valence-electron chi connectivity index (χ1n) is 30.4. The SMILES string of the molecule is CC1CC(C)(C)Nc2c1cc1c(c2S(=O)(=O)[O-])Oc2c(S(=O)(=O)[O-])c3c(cc2=C1c1c(Cl)c(SCC(=O)NCCCCCC(=O)NCc2ccc(C#C[C@]4(O)CC[C@H]5[C@@H]6CCc7cc(O)ccc7[C@H]6CC[C@@]54C)cc2)c(Cl)c(Cl)c1C(=O)O)C(C)CC(C)(C)[NH+]=3. The van der Waals surface area contributed by atoms with Crippen LogP contribution in [0.1, 0.15) is 192 Å². The van der Waals surface area contributed by atoms with Crippen LogP contribution in [0.15, 0.2) is 69.3 Å². The van der Waals surface area contributed by atoms with Crippen molar-refractivity contribution in [3.63, 3.8) is 0 Å². The fourth-order valence-corrected chi connectivity index (χ4v) is 19.2. The smallest absolute Gasteiger partial charge is 0.337 e. The Morgan fingerprint density at radius 3 is 2.22 bits per heavy atom. The Morgan fingerprint density at radius 1 is 0.811 bits per heavy atom. The Balaban J connectivity index is 0.760. The van der Waals surface area contributed by atoms with Gasteiger partial charge < -0.3 is 45.1 Å². The molecule has 3 aliphatic carbocycles. The van der Waals surface area contributed by atoms with Crippen LogP contribution in [0.3, 0.4) is 0 Å². The Morgan fingerprint density at radius 2 is 1.52 bits per heavy atom. The standard InChI is InChI=1S/C67H73Cl3N4O13S3/c1-34-30-64(3,4)73-56-43(34)28-45-50(46-29-44-35(2)31-65(5,6)74-57(44)62(90(84,85)86)59(46)87-58(45)61(56)89(81,82)83)51-52(63(78)79)53(68)55(70)60(54(51)69)88-33-49(77)71-26-10-8-9-11-48(76)72-32-37-14-12-36(13-15-37)20-24-67(80)25-22-47-42-18-16-38-27-39(75)17-19-40(38)41(42)21-23-66(47,67)7/h12-15,17,19,27-29,34-35,41-42,47,73,75,80H,8-11,16,18,21-23,25-26,30-33H2,1-7H3,(H,71,77)(H,72,76)(H,78,79)(H,81,82,83)(H,84,85,86)/p-1/t34?,35?,41-,42-,47+,66+,67+/m1/s1. The van der Waals surface area contributed by atoms with Crippen LogP contribution in [0, 0.1) is 29.1 Å². The lowest BCUT2D eigenvalue weighted by atomic mass is 9.53. The lowest BCUT2D eigenvalue weighted by Crippen LogP contribution is -2.91. The highest BCUT2D eigenvalue weighted by molar-refractivity contribution is 8.00. The van der Waals surface area contributed by atoms with Gasteiger partial charge in [0.05, 0.1) is 32.1 Å². The zero-order valence-corrected chi connectivity index (χ0v) is 55.7. The van der Waals surface area contributed by atoms with Gasteiger partial charge in [-0.1, -0.05) is 92.0 Å². The van der Waals surface area contributed by atoms with Crippen LogP contribution < -0.4 is 36.3 Å². The number of halogens is 3. The van der Waals surface area contributed by atoms with Gasteiger partial charge in [-0.05, 0) is 174 Å². The van der Waals surface area contributed by atoms with E-state index in [1.54, 1.807) is 33.8 Å². The van der Waals surface area contributed by atoms with Crippen molar-refractivity contribution in [3.8, 4) is 29.1 Å². The molecule has 11 rings (SSSR count). The molecule has 2 fully saturated rings. The second kappa shape index (κ2) is 24.2. The molecule has 0 saturated heterocycles. The van der Waals surface area contributed by atoms with E-state index in [2.05, 4.69) is 45.8 Å². The summed E-state index contributed by atoms with van der Waals surface area (Å²) in [6.07, 6.45) is 8.23. The average Bonchev–Trinajstić information content (AvgIpc) is 0.803. The van der Waals surface area contributed by atoms with Gasteiger partial charge in [0, 0.05) is 74.8 Å². The van der Waals surface area contributed by atoms with Crippen LogP contribution in [-0.2, 0) is 42.8 Å². The number of amides is 2. The molecule has 0 aromatic heterocycles. The first-order chi connectivity index (χ1) is 42.2. The Hall–Kier alpha value is -5.86. The van der Waals surface area contributed by atoms with Crippen molar-refractivity contribution in [3.05, 3.63) is 130 Å². The van der Waals surface area contributed by atoms with E-state index in [0.717, 1.165) is 55.0 Å². The summed E-state index contributed by atoms with van der Waals surface area (Å²) in [7, 11) is -11.1. The van der Waals surface area contributed by atoms with Crippen LogP contribution in [0.4, 0.5) is 5.69 Å². The molecular formula is C67H72Cl3N4O13S3-. The summed E-state index contributed by atoms with van der Waals surface area (Å²) >= 11 is 21.9. The number of hydrogen-bond donors (Lipinski definition) is 7. The summed E-state index contributed by atoms with van der Waals surface area (Å²) in [5.74, 6) is 3.40. The van der Waals surface area contributed by atoms with Gasteiger partial charge in [-0.25, -0.2) is 26.6 Å². The molecule has 5 aromatic carbocycles. The largest absolute Gasteiger partial charge is 0.744 e. The number of carbonyl (C=O) groups is 3. The van der Waals surface area contributed by atoms with Crippen molar-refractivity contribution in [1.82, 2.24) is 10.6 Å². The highest BCUT2D eigenvalue weighted by atomic mass is 35.5. The summed E-state index contributed by atoms with van der Waals surface area (Å²) in [5.41, 5.74) is 0.414. The highest BCUT2D eigenvalue weighted by Gasteiger charge is 2.61. The number of aromatic hydroxyl groups is 1. The highest BCUT2D eigenvalue weighted by Crippen LogP contribution is 2.64. The van der Waals surface area contributed by atoms with Crippen LogP contribution in [-0.4, -0.2) is 88.0 Å². The normalized spacial score (nSPS) is 24.1. The van der Waals surface area contributed by atoms with Gasteiger partial charge in [-0.3, -0.25) is 9.59 Å². The summed E-state index contributed by atoms with van der Waals surface area (Å²) < 4.78 is 88.4. The second-order valence-corrected chi connectivity index (χ2v) is 31.6. The molecule has 17 nitrogen and oxygen atoms in total. The number of aliphatic hydroxyl groups is 1. The first kappa shape index (κ1) is 65.6. The molecule has 3 heterocycles. The quantitative estimate of drug-likeness (QED) is 0.0166. The van der Waals surface area contributed by atoms with Crippen LogP contribution >= 0.6 is 46.6 Å². The monoisotopic (exact) mass is 1340 g/mol. The predicted octanol–water partition coefficient (Wildman–Crippen LogP) is 9.62. The van der Waals surface area contributed by atoms with Crippen molar-refractivity contribution in [2.75, 3.05) is 17.6 Å². The number of carbonyl (C=O) groups excluding carboxylic acids is 2. The second-order valence-electron chi connectivity index (χ2n) is 26.9. The summed E-state index contributed by atoms with van der Waals surface area (Å²) in [6, 6.07) is 16.5. The Kier molecular flexibility index (Phi) is 17.7. The number of rotatable bonds is 15. The van der Waals surface area contributed by atoms with E-state index in [9.17, 15) is 55.6 Å². The maximum Gasteiger partial charge on any atom is 0.337 e. The van der Waals surface area contributed by atoms with Gasteiger partial charge in [0.25, 0.3) is 0 Å². The van der Waals surface area contributed by atoms with E-state index in [1.165, 1.54) is 23.3 Å². The molecule has 7 N–H and O–H groups in total. The number of anilines is 1. The molecule has 2 unspecified atom stereocenters. The van der Waals surface area contributed by atoms with E-state index in [0.29, 0.717) is 79.7 Å². The molecule has 3 aliphatic heterocycles. The van der Waals surface area contributed by atoms with E-state index >= 15 is 0 Å². The third-order valence-electron chi connectivity index (χ3n) is 19.6. The molecule has 478 valence electrons. The number of ether oxygens (including phenoxy) is 1.